The maximum absolute atomic E-state index is 6.18. The third-order valence-corrected chi connectivity index (χ3v) is 6.47. The van der Waals surface area contributed by atoms with Crippen LogP contribution in [-0.2, 0) is 0 Å². The molecular formula is C17H31Cl. The third-order valence-electron chi connectivity index (χ3n) is 5.90. The van der Waals surface area contributed by atoms with Gasteiger partial charge in [-0.2, -0.15) is 0 Å². The van der Waals surface area contributed by atoms with E-state index in [9.17, 15) is 0 Å². The molecule has 0 aromatic carbocycles. The van der Waals surface area contributed by atoms with Gasteiger partial charge < -0.3 is 0 Å². The van der Waals surface area contributed by atoms with Gasteiger partial charge in [-0.1, -0.05) is 45.4 Å². The molecular weight excluding hydrogens is 240 g/mol. The van der Waals surface area contributed by atoms with Crippen molar-refractivity contribution in [2.45, 2.75) is 90.4 Å². The predicted octanol–water partition coefficient (Wildman–Crippen LogP) is 6.32. The molecule has 3 aliphatic rings. The van der Waals surface area contributed by atoms with E-state index in [-0.39, 0.29) is 0 Å². The van der Waals surface area contributed by atoms with Gasteiger partial charge in [0.05, 0.1) is 0 Å². The van der Waals surface area contributed by atoms with Gasteiger partial charge in [-0.05, 0) is 55.8 Å². The molecule has 0 aromatic rings. The molecule has 0 atom stereocenters. The lowest BCUT2D eigenvalue weighted by Gasteiger charge is -2.53. The molecule has 0 radical (unpaired) electrons. The van der Waals surface area contributed by atoms with Crippen LogP contribution in [0.25, 0.3) is 0 Å². The molecule has 18 heavy (non-hydrogen) atoms. The summed E-state index contributed by atoms with van der Waals surface area (Å²) in [6.45, 7) is 2.30. The Hall–Kier alpha value is 0.290. The molecule has 0 amide bonds. The van der Waals surface area contributed by atoms with E-state index in [1.54, 1.807) is 0 Å². The van der Waals surface area contributed by atoms with Crippen molar-refractivity contribution in [1.29, 1.82) is 0 Å². The van der Waals surface area contributed by atoms with Gasteiger partial charge in [-0.3, -0.25) is 0 Å². The summed E-state index contributed by atoms with van der Waals surface area (Å²) in [6.07, 6.45) is 18.9. The topological polar surface area (TPSA) is 0 Å². The van der Waals surface area contributed by atoms with E-state index in [1.165, 1.54) is 83.5 Å². The highest BCUT2D eigenvalue weighted by molar-refractivity contribution is 6.18. The average molecular weight is 271 g/mol. The highest BCUT2D eigenvalue weighted by Gasteiger charge is 2.47. The average Bonchev–Trinajstić information content (AvgIpc) is 2.45. The Bertz CT molecular complexity index is 221. The number of hydrogen-bond donors (Lipinski definition) is 0. The summed E-state index contributed by atoms with van der Waals surface area (Å²) in [5.41, 5.74) is 1.31. The van der Waals surface area contributed by atoms with E-state index in [0.29, 0.717) is 5.41 Å². The minimum Gasteiger partial charge on any atom is -0.126 e. The second-order valence-corrected chi connectivity index (χ2v) is 7.42. The van der Waals surface area contributed by atoms with E-state index in [0.717, 1.165) is 11.3 Å². The highest BCUT2D eigenvalue weighted by Crippen LogP contribution is 2.59. The number of alkyl halides is 1. The lowest BCUT2D eigenvalue weighted by molar-refractivity contribution is -0.00196. The summed E-state index contributed by atoms with van der Waals surface area (Å²) >= 11 is 6.18. The van der Waals surface area contributed by atoms with Crippen molar-refractivity contribution in [3.8, 4) is 0 Å². The van der Waals surface area contributed by atoms with Crippen molar-refractivity contribution >= 4 is 11.6 Å². The normalized spacial score (nSPS) is 35.0. The molecule has 0 aromatic heterocycles. The van der Waals surface area contributed by atoms with Crippen LogP contribution >= 0.6 is 11.6 Å². The summed E-state index contributed by atoms with van der Waals surface area (Å²) in [5.74, 6) is 0.917. The molecule has 106 valence electrons. The summed E-state index contributed by atoms with van der Waals surface area (Å²) in [5, 5.41) is 0. The number of hydrogen-bond acceptors (Lipinski definition) is 0. The monoisotopic (exact) mass is 270 g/mol. The van der Waals surface area contributed by atoms with Crippen molar-refractivity contribution in [3.05, 3.63) is 0 Å². The van der Waals surface area contributed by atoms with Gasteiger partial charge in [-0.25, -0.2) is 0 Å². The van der Waals surface area contributed by atoms with Crippen LogP contribution in [0.1, 0.15) is 90.4 Å². The first-order valence-electron chi connectivity index (χ1n) is 8.30. The van der Waals surface area contributed by atoms with Gasteiger partial charge in [0.2, 0.25) is 0 Å². The first-order chi connectivity index (χ1) is 8.74. The van der Waals surface area contributed by atoms with Crippen molar-refractivity contribution < 1.29 is 0 Å². The molecule has 0 saturated heterocycles. The molecule has 3 aliphatic carbocycles. The maximum atomic E-state index is 6.18. The fraction of sp³-hybridized carbons (Fsp3) is 1.00. The standard InChI is InChI=1S/C17H31Cl/c1-2-3-4-5-6-7-8-16-9-12-17(15-18,13-10-16)14-11-16/h2-15H2,1H3. The van der Waals surface area contributed by atoms with Crippen molar-refractivity contribution in [3.63, 3.8) is 0 Å². The molecule has 0 heterocycles. The van der Waals surface area contributed by atoms with Gasteiger partial charge in [0, 0.05) is 5.88 Å². The van der Waals surface area contributed by atoms with Crippen LogP contribution in [-0.4, -0.2) is 5.88 Å². The van der Waals surface area contributed by atoms with Gasteiger partial charge in [0.15, 0.2) is 0 Å². The Labute approximate surface area is 119 Å². The van der Waals surface area contributed by atoms with Crippen LogP contribution in [0.2, 0.25) is 0 Å². The van der Waals surface area contributed by atoms with Crippen LogP contribution in [0.15, 0.2) is 0 Å². The van der Waals surface area contributed by atoms with E-state index in [2.05, 4.69) is 6.92 Å². The summed E-state index contributed by atoms with van der Waals surface area (Å²) in [7, 11) is 0. The van der Waals surface area contributed by atoms with Crippen molar-refractivity contribution in [2.75, 3.05) is 5.88 Å². The zero-order valence-corrected chi connectivity index (χ0v) is 13.0. The van der Waals surface area contributed by atoms with Gasteiger partial charge in [0.25, 0.3) is 0 Å². The Morgan fingerprint density at radius 2 is 1.22 bits per heavy atom. The zero-order valence-electron chi connectivity index (χ0n) is 12.3. The van der Waals surface area contributed by atoms with Crippen LogP contribution in [0.4, 0.5) is 0 Å². The maximum Gasteiger partial charge on any atom is 0.0280 e. The Morgan fingerprint density at radius 3 is 1.78 bits per heavy atom. The molecule has 2 bridgehead atoms. The van der Waals surface area contributed by atoms with E-state index < -0.39 is 0 Å². The molecule has 3 rings (SSSR count). The van der Waals surface area contributed by atoms with Crippen LogP contribution in [0, 0.1) is 10.8 Å². The summed E-state index contributed by atoms with van der Waals surface area (Å²) < 4.78 is 0. The largest absolute Gasteiger partial charge is 0.126 e. The number of fused-ring (bicyclic) bond motifs is 3. The van der Waals surface area contributed by atoms with Gasteiger partial charge in [-0.15, -0.1) is 11.6 Å². The van der Waals surface area contributed by atoms with Crippen molar-refractivity contribution in [2.24, 2.45) is 10.8 Å². The summed E-state index contributed by atoms with van der Waals surface area (Å²) in [6, 6.07) is 0. The highest BCUT2D eigenvalue weighted by atomic mass is 35.5. The molecule has 1 heteroatoms. The first kappa shape index (κ1) is 14.7. The molecule has 3 saturated carbocycles. The molecule has 3 fully saturated rings. The minimum atomic E-state index is 0.560. The van der Waals surface area contributed by atoms with Crippen LogP contribution in [0.5, 0.6) is 0 Å². The quantitative estimate of drug-likeness (QED) is 0.358. The second-order valence-electron chi connectivity index (χ2n) is 7.15. The number of rotatable bonds is 8. The van der Waals surface area contributed by atoms with Gasteiger partial charge >= 0.3 is 0 Å². The molecule has 0 spiro atoms. The predicted molar refractivity (Wildman–Crippen MR) is 81.3 cm³/mol. The summed E-state index contributed by atoms with van der Waals surface area (Å²) in [4.78, 5) is 0. The van der Waals surface area contributed by atoms with Crippen LogP contribution < -0.4 is 0 Å². The zero-order chi connectivity index (χ0) is 12.9. The molecule has 0 aliphatic heterocycles. The van der Waals surface area contributed by atoms with E-state index >= 15 is 0 Å². The minimum absolute atomic E-state index is 0.560. The van der Waals surface area contributed by atoms with E-state index in [4.69, 9.17) is 11.6 Å². The second kappa shape index (κ2) is 6.64. The molecule has 0 nitrogen and oxygen atoms in total. The Balaban J connectivity index is 1.65. The fourth-order valence-electron chi connectivity index (χ4n) is 4.20. The number of halogens is 1. The number of unbranched alkanes of at least 4 members (excludes halogenated alkanes) is 5. The molecule has 0 N–H and O–H groups in total. The van der Waals surface area contributed by atoms with Crippen molar-refractivity contribution in [1.82, 2.24) is 0 Å². The lowest BCUT2D eigenvalue weighted by atomic mass is 9.53. The smallest absolute Gasteiger partial charge is 0.0280 e. The van der Waals surface area contributed by atoms with Crippen LogP contribution in [0.3, 0.4) is 0 Å². The van der Waals surface area contributed by atoms with Gasteiger partial charge in [0.1, 0.15) is 0 Å². The molecule has 0 unspecified atom stereocenters. The van der Waals surface area contributed by atoms with E-state index in [1.807, 2.05) is 0 Å². The Kier molecular flexibility index (Phi) is 5.42. The Morgan fingerprint density at radius 1 is 0.722 bits per heavy atom. The first-order valence-corrected chi connectivity index (χ1v) is 8.84. The lowest BCUT2D eigenvalue weighted by Crippen LogP contribution is -2.42. The third kappa shape index (κ3) is 3.44. The fourth-order valence-corrected chi connectivity index (χ4v) is 4.60. The SMILES string of the molecule is CCCCCCCCC12CCC(CCl)(CC1)CC2.